The van der Waals surface area contributed by atoms with Crippen molar-refractivity contribution in [3.05, 3.63) is 70.4 Å². The number of carbonyl (C=O) groups is 2. The van der Waals surface area contributed by atoms with Crippen molar-refractivity contribution in [2.24, 2.45) is 5.10 Å². The zero-order valence-electron chi connectivity index (χ0n) is 16.8. The molecule has 0 aliphatic carbocycles. The molecule has 0 saturated heterocycles. The molecule has 0 bridgehead atoms. The Bertz CT molecular complexity index is 1100. The lowest BCUT2D eigenvalue weighted by molar-refractivity contribution is -0.115. The van der Waals surface area contributed by atoms with Crippen LogP contribution in [0, 0.1) is 6.92 Å². The highest BCUT2D eigenvalue weighted by molar-refractivity contribution is 6.33. The number of amides is 2. The maximum absolute atomic E-state index is 12.8. The molecule has 1 aromatic heterocycles. The third-order valence-corrected chi connectivity index (χ3v) is 4.78. The number of hydrogen-bond acceptors (Lipinski definition) is 5. The number of nitrogens with one attached hydrogen (secondary N) is 2. The average molecular weight is 425 g/mol. The molecule has 0 aliphatic heterocycles. The van der Waals surface area contributed by atoms with Crippen LogP contribution >= 0.6 is 11.6 Å². The van der Waals surface area contributed by atoms with Crippen LogP contribution in [0.15, 0.2) is 58.2 Å². The molecule has 2 N–H and O–H groups in total. The fourth-order valence-electron chi connectivity index (χ4n) is 2.78. The SMILES string of the molecule is CCC(=O)Nc1ccc(/C(C)=N\NC(=O)c2c(-c3ccccc3Cl)noc2C)cc1. The molecule has 0 unspecified atom stereocenters. The number of nitrogens with zero attached hydrogens (tertiary/aromatic N) is 2. The van der Waals surface area contributed by atoms with Gasteiger partial charge in [-0.05, 0) is 37.6 Å². The molecule has 30 heavy (non-hydrogen) atoms. The molecule has 0 fully saturated rings. The lowest BCUT2D eigenvalue weighted by Gasteiger charge is -2.07. The van der Waals surface area contributed by atoms with E-state index in [-0.39, 0.29) is 11.5 Å². The van der Waals surface area contributed by atoms with Crippen LogP contribution in [0.2, 0.25) is 5.02 Å². The molecular weight excluding hydrogens is 404 g/mol. The number of benzene rings is 2. The van der Waals surface area contributed by atoms with E-state index in [9.17, 15) is 9.59 Å². The van der Waals surface area contributed by atoms with Crippen LogP contribution in [0.4, 0.5) is 5.69 Å². The van der Waals surface area contributed by atoms with Gasteiger partial charge in [0, 0.05) is 17.7 Å². The number of hydrazone groups is 1. The Morgan fingerprint density at radius 3 is 2.50 bits per heavy atom. The zero-order chi connectivity index (χ0) is 21.7. The molecule has 0 radical (unpaired) electrons. The van der Waals surface area contributed by atoms with Crippen molar-refractivity contribution in [2.45, 2.75) is 27.2 Å². The Morgan fingerprint density at radius 2 is 1.83 bits per heavy atom. The second kappa shape index (κ2) is 9.37. The highest BCUT2D eigenvalue weighted by Gasteiger charge is 2.22. The molecule has 0 saturated carbocycles. The number of aromatic nitrogens is 1. The first-order valence-corrected chi connectivity index (χ1v) is 9.74. The van der Waals surface area contributed by atoms with Crippen molar-refractivity contribution in [1.82, 2.24) is 10.6 Å². The summed E-state index contributed by atoms with van der Waals surface area (Å²) in [6, 6.07) is 14.3. The molecule has 1 heterocycles. The lowest BCUT2D eigenvalue weighted by Crippen LogP contribution is -2.20. The normalized spacial score (nSPS) is 11.3. The van der Waals surface area contributed by atoms with E-state index in [4.69, 9.17) is 16.1 Å². The fraction of sp³-hybridized carbons (Fsp3) is 0.182. The van der Waals surface area contributed by atoms with Gasteiger partial charge in [-0.1, -0.05) is 54.0 Å². The number of anilines is 1. The summed E-state index contributed by atoms with van der Waals surface area (Å²) in [6.07, 6.45) is 0.409. The first-order chi connectivity index (χ1) is 14.4. The van der Waals surface area contributed by atoms with Gasteiger partial charge in [0.05, 0.1) is 10.7 Å². The number of carbonyl (C=O) groups excluding carboxylic acids is 2. The Hall–Kier alpha value is -3.45. The summed E-state index contributed by atoms with van der Waals surface area (Å²) in [5.74, 6) is -0.139. The third-order valence-electron chi connectivity index (χ3n) is 4.45. The van der Waals surface area contributed by atoms with Gasteiger partial charge in [0.1, 0.15) is 17.0 Å². The van der Waals surface area contributed by atoms with Crippen LogP contribution in [0.25, 0.3) is 11.3 Å². The number of halogens is 1. The molecule has 0 atom stereocenters. The van der Waals surface area contributed by atoms with E-state index in [2.05, 4.69) is 21.0 Å². The summed E-state index contributed by atoms with van der Waals surface area (Å²) < 4.78 is 5.22. The van der Waals surface area contributed by atoms with Crippen LogP contribution in [-0.2, 0) is 4.79 Å². The molecule has 0 spiro atoms. The van der Waals surface area contributed by atoms with Crippen LogP contribution in [0.1, 0.15) is 41.9 Å². The first kappa shape index (κ1) is 21.3. The van der Waals surface area contributed by atoms with Crippen molar-refractivity contribution in [3.63, 3.8) is 0 Å². The Balaban J connectivity index is 1.77. The highest BCUT2D eigenvalue weighted by atomic mass is 35.5. The summed E-state index contributed by atoms with van der Waals surface area (Å²) in [5, 5.41) is 11.4. The van der Waals surface area contributed by atoms with E-state index in [1.165, 1.54) is 0 Å². The van der Waals surface area contributed by atoms with Crippen molar-refractivity contribution >= 4 is 34.8 Å². The summed E-state index contributed by atoms with van der Waals surface area (Å²) >= 11 is 6.24. The van der Waals surface area contributed by atoms with E-state index < -0.39 is 5.91 Å². The van der Waals surface area contributed by atoms with Gasteiger partial charge < -0.3 is 9.84 Å². The minimum Gasteiger partial charge on any atom is -0.360 e. The quantitative estimate of drug-likeness (QED) is 0.438. The van der Waals surface area contributed by atoms with Crippen molar-refractivity contribution in [1.29, 1.82) is 0 Å². The number of rotatable bonds is 6. The van der Waals surface area contributed by atoms with E-state index in [1.54, 1.807) is 51.1 Å². The summed E-state index contributed by atoms with van der Waals surface area (Å²) in [5.41, 5.74) is 5.89. The van der Waals surface area contributed by atoms with E-state index >= 15 is 0 Å². The highest BCUT2D eigenvalue weighted by Crippen LogP contribution is 2.30. The van der Waals surface area contributed by atoms with Crippen LogP contribution in [-0.4, -0.2) is 22.7 Å². The molecular formula is C22H21ClN4O3. The molecule has 2 aromatic carbocycles. The van der Waals surface area contributed by atoms with Gasteiger partial charge in [-0.25, -0.2) is 5.43 Å². The smallest absolute Gasteiger partial charge is 0.277 e. The predicted octanol–water partition coefficient (Wildman–Crippen LogP) is 4.81. The second-order valence-corrected chi connectivity index (χ2v) is 6.97. The Morgan fingerprint density at radius 1 is 1.13 bits per heavy atom. The lowest BCUT2D eigenvalue weighted by atomic mass is 10.1. The van der Waals surface area contributed by atoms with Crippen LogP contribution in [0.5, 0.6) is 0 Å². The van der Waals surface area contributed by atoms with Crippen LogP contribution < -0.4 is 10.7 Å². The molecule has 8 heteroatoms. The molecule has 154 valence electrons. The molecule has 0 aliphatic rings. The van der Waals surface area contributed by atoms with Crippen molar-refractivity contribution < 1.29 is 14.1 Å². The Labute approximate surface area is 179 Å². The van der Waals surface area contributed by atoms with E-state index in [0.29, 0.717) is 39.9 Å². The van der Waals surface area contributed by atoms with Gasteiger partial charge in [0.15, 0.2) is 0 Å². The molecule has 3 aromatic rings. The third kappa shape index (κ3) is 4.75. The monoisotopic (exact) mass is 424 g/mol. The predicted molar refractivity (Wildman–Crippen MR) is 117 cm³/mol. The van der Waals surface area contributed by atoms with Gasteiger partial charge in [0.25, 0.3) is 5.91 Å². The maximum Gasteiger partial charge on any atom is 0.277 e. The Kier molecular flexibility index (Phi) is 6.64. The van der Waals surface area contributed by atoms with Gasteiger partial charge >= 0.3 is 0 Å². The summed E-state index contributed by atoms with van der Waals surface area (Å²) in [7, 11) is 0. The zero-order valence-corrected chi connectivity index (χ0v) is 17.6. The molecule has 3 rings (SSSR count). The van der Waals surface area contributed by atoms with Gasteiger partial charge in [0.2, 0.25) is 5.91 Å². The summed E-state index contributed by atoms with van der Waals surface area (Å²) in [6.45, 7) is 5.22. The van der Waals surface area contributed by atoms with Gasteiger partial charge in [-0.2, -0.15) is 5.10 Å². The minimum absolute atomic E-state index is 0.0567. The molecule has 7 nitrogen and oxygen atoms in total. The second-order valence-electron chi connectivity index (χ2n) is 6.56. The van der Waals surface area contributed by atoms with Gasteiger partial charge in [-0.15, -0.1) is 0 Å². The van der Waals surface area contributed by atoms with Crippen molar-refractivity contribution in [2.75, 3.05) is 5.32 Å². The number of hydrogen-bond donors (Lipinski definition) is 2. The minimum atomic E-state index is -0.449. The van der Waals surface area contributed by atoms with E-state index in [1.807, 2.05) is 18.2 Å². The number of aryl methyl sites for hydroxylation is 1. The largest absolute Gasteiger partial charge is 0.360 e. The molecule has 2 amide bonds. The topological polar surface area (TPSA) is 96.6 Å². The van der Waals surface area contributed by atoms with Gasteiger partial charge in [-0.3, -0.25) is 9.59 Å². The fourth-order valence-corrected chi connectivity index (χ4v) is 3.00. The maximum atomic E-state index is 12.8. The first-order valence-electron chi connectivity index (χ1n) is 9.36. The average Bonchev–Trinajstić information content (AvgIpc) is 3.13. The van der Waals surface area contributed by atoms with Crippen molar-refractivity contribution in [3.8, 4) is 11.3 Å². The standard InChI is InChI=1S/C22H21ClN4O3/c1-4-19(28)24-16-11-9-15(10-12-16)13(2)25-26-22(29)20-14(3)30-27-21(20)17-7-5-6-8-18(17)23/h5-12H,4H2,1-3H3,(H,24,28)(H,26,29)/b25-13-. The summed E-state index contributed by atoms with van der Waals surface area (Å²) in [4.78, 5) is 24.2. The van der Waals surface area contributed by atoms with E-state index in [0.717, 1.165) is 5.56 Å². The van der Waals surface area contributed by atoms with Crippen LogP contribution in [0.3, 0.4) is 0 Å².